The van der Waals surface area contributed by atoms with E-state index >= 15 is 0 Å². The van der Waals surface area contributed by atoms with Crippen molar-refractivity contribution in [3.8, 4) is 0 Å². The molecule has 0 saturated carbocycles. The molecule has 108 valence electrons. The summed E-state index contributed by atoms with van der Waals surface area (Å²) in [5.74, 6) is 0. The third kappa shape index (κ3) is 1.61. The van der Waals surface area contributed by atoms with E-state index in [2.05, 4.69) is 65.0 Å². The average Bonchev–Trinajstić information content (AvgIpc) is 3.16. The summed E-state index contributed by atoms with van der Waals surface area (Å²) in [6.45, 7) is 0. The zero-order chi connectivity index (χ0) is 14.5. The van der Waals surface area contributed by atoms with Gasteiger partial charge in [-0.25, -0.2) is 0 Å². The van der Waals surface area contributed by atoms with E-state index < -0.39 is 0 Å². The van der Waals surface area contributed by atoms with Crippen molar-refractivity contribution in [2.45, 2.75) is 25.3 Å². The third-order valence-corrected chi connectivity index (χ3v) is 5.05. The Kier molecular flexibility index (Phi) is 2.48. The molecule has 2 N–H and O–H groups in total. The molecule has 3 aromatic rings. The van der Waals surface area contributed by atoms with E-state index in [-0.39, 0.29) is 0 Å². The topological polar surface area (TPSA) is 27.8 Å². The van der Waals surface area contributed by atoms with Crippen LogP contribution >= 0.6 is 0 Å². The molecule has 1 unspecified atom stereocenters. The van der Waals surface area contributed by atoms with Crippen LogP contribution in [0.15, 0.2) is 54.7 Å². The number of hydrogen-bond donors (Lipinski definition) is 2. The number of aromatic nitrogens is 1. The molecule has 0 fully saturated rings. The second-order valence-corrected chi connectivity index (χ2v) is 6.27. The summed E-state index contributed by atoms with van der Waals surface area (Å²) in [6, 6.07) is 17.8. The Labute approximate surface area is 129 Å². The van der Waals surface area contributed by atoms with Crippen LogP contribution in [0, 0.1) is 0 Å². The number of fused-ring (bicyclic) bond motifs is 4. The van der Waals surface area contributed by atoms with Crippen molar-refractivity contribution in [2.24, 2.45) is 0 Å². The maximum absolute atomic E-state index is 3.71. The Bertz CT molecular complexity index is 901. The molecule has 5 rings (SSSR count). The summed E-state index contributed by atoms with van der Waals surface area (Å²) in [5.41, 5.74) is 8.34. The molecule has 0 bridgehead atoms. The van der Waals surface area contributed by atoms with Gasteiger partial charge < -0.3 is 10.3 Å². The fourth-order valence-electron chi connectivity index (χ4n) is 4.10. The number of H-pyrrole nitrogens is 1. The molecule has 1 aromatic heterocycles. The summed E-state index contributed by atoms with van der Waals surface area (Å²) < 4.78 is 0. The summed E-state index contributed by atoms with van der Waals surface area (Å²) in [4.78, 5) is 3.43. The van der Waals surface area contributed by atoms with Crippen LogP contribution in [0.2, 0.25) is 0 Å². The van der Waals surface area contributed by atoms with E-state index in [9.17, 15) is 0 Å². The molecule has 0 radical (unpaired) electrons. The molecule has 0 spiro atoms. The van der Waals surface area contributed by atoms with Crippen molar-refractivity contribution in [2.75, 3.05) is 5.32 Å². The molecular formula is C20H18N2. The number of nitrogens with one attached hydrogen (secondary N) is 2. The van der Waals surface area contributed by atoms with Gasteiger partial charge in [0.15, 0.2) is 0 Å². The summed E-state index contributed by atoms with van der Waals surface area (Å²) >= 11 is 0. The second-order valence-electron chi connectivity index (χ2n) is 6.27. The van der Waals surface area contributed by atoms with Crippen molar-refractivity contribution in [1.82, 2.24) is 4.98 Å². The molecule has 2 nitrogen and oxygen atoms in total. The number of rotatable bonds is 1. The normalized spacial score (nSPS) is 19.9. The lowest BCUT2D eigenvalue weighted by Gasteiger charge is -2.24. The maximum Gasteiger partial charge on any atom is 0.0523 e. The fourth-order valence-corrected chi connectivity index (χ4v) is 4.10. The van der Waals surface area contributed by atoms with Crippen LogP contribution in [0.1, 0.15) is 30.4 Å². The van der Waals surface area contributed by atoms with E-state index in [0.717, 1.165) is 0 Å². The molecule has 1 atom stereocenters. The first-order valence-corrected chi connectivity index (χ1v) is 8.07. The van der Waals surface area contributed by atoms with E-state index in [4.69, 9.17) is 0 Å². The number of aromatic amines is 1. The highest BCUT2D eigenvalue weighted by atomic mass is 15.0. The quantitative estimate of drug-likeness (QED) is 0.643. The van der Waals surface area contributed by atoms with Crippen molar-refractivity contribution in [3.05, 3.63) is 65.9 Å². The van der Waals surface area contributed by atoms with Gasteiger partial charge in [-0.3, -0.25) is 0 Å². The number of anilines is 1. The lowest BCUT2D eigenvalue weighted by molar-refractivity contribution is 0.707. The Balaban J connectivity index is 1.79. The van der Waals surface area contributed by atoms with Gasteiger partial charge in [-0.2, -0.15) is 0 Å². The smallest absolute Gasteiger partial charge is 0.0523 e. The summed E-state index contributed by atoms with van der Waals surface area (Å²) in [7, 11) is 0. The van der Waals surface area contributed by atoms with Gasteiger partial charge in [0.1, 0.15) is 0 Å². The van der Waals surface area contributed by atoms with Gasteiger partial charge in [-0.05, 0) is 42.5 Å². The standard InChI is InChI=1S/C20H18N2/c1-3-9-17-13(6-1)16(12-21-17)14-8-5-11-19-20(14)15-7-2-4-10-18(15)22-19/h1-4,6-7,9-10,12,19,21-22H,5,8,11H2. The van der Waals surface area contributed by atoms with Gasteiger partial charge in [0.05, 0.1) is 6.04 Å². The zero-order valence-electron chi connectivity index (χ0n) is 12.4. The largest absolute Gasteiger partial charge is 0.378 e. The van der Waals surface area contributed by atoms with Crippen LogP contribution in [0.5, 0.6) is 0 Å². The molecule has 1 aliphatic carbocycles. The molecule has 22 heavy (non-hydrogen) atoms. The van der Waals surface area contributed by atoms with E-state index in [1.807, 2.05) is 0 Å². The number of benzene rings is 2. The van der Waals surface area contributed by atoms with Crippen LogP contribution in [-0.2, 0) is 0 Å². The highest BCUT2D eigenvalue weighted by Gasteiger charge is 2.32. The lowest BCUT2D eigenvalue weighted by Crippen LogP contribution is -2.18. The second kappa shape index (κ2) is 4.51. The molecule has 2 heterocycles. The minimum absolute atomic E-state index is 0.481. The SMILES string of the molecule is c1ccc2c(c1)NC1CCCC(c3c[nH]c4ccccc34)=C21. The predicted molar refractivity (Wildman–Crippen MR) is 92.8 cm³/mol. The third-order valence-electron chi connectivity index (χ3n) is 5.05. The molecule has 0 saturated heterocycles. The highest BCUT2D eigenvalue weighted by molar-refractivity contribution is 6.06. The van der Waals surface area contributed by atoms with Crippen molar-refractivity contribution >= 4 is 27.7 Å². The Morgan fingerprint density at radius 1 is 0.909 bits per heavy atom. The summed E-state index contributed by atoms with van der Waals surface area (Å²) in [5, 5.41) is 5.05. The molecular weight excluding hydrogens is 268 g/mol. The molecule has 2 aromatic carbocycles. The molecule has 0 amide bonds. The van der Waals surface area contributed by atoms with Crippen LogP contribution in [0.4, 0.5) is 5.69 Å². The molecule has 2 heteroatoms. The van der Waals surface area contributed by atoms with Crippen LogP contribution in [-0.4, -0.2) is 11.0 Å². The van der Waals surface area contributed by atoms with Gasteiger partial charge >= 0.3 is 0 Å². The zero-order valence-corrected chi connectivity index (χ0v) is 12.4. The Morgan fingerprint density at radius 2 is 1.77 bits per heavy atom. The van der Waals surface area contributed by atoms with Crippen LogP contribution in [0.25, 0.3) is 22.0 Å². The van der Waals surface area contributed by atoms with E-state index in [1.54, 1.807) is 0 Å². The average molecular weight is 286 g/mol. The van der Waals surface area contributed by atoms with Crippen LogP contribution in [0.3, 0.4) is 0 Å². The molecule has 2 aliphatic rings. The predicted octanol–water partition coefficient (Wildman–Crippen LogP) is 5.06. The van der Waals surface area contributed by atoms with Gasteiger partial charge in [-0.15, -0.1) is 0 Å². The Hall–Kier alpha value is -2.48. The number of hydrogen-bond acceptors (Lipinski definition) is 1. The number of para-hydroxylation sites is 2. The first-order chi connectivity index (χ1) is 10.9. The highest BCUT2D eigenvalue weighted by Crippen LogP contribution is 2.47. The first-order valence-electron chi connectivity index (χ1n) is 8.07. The van der Waals surface area contributed by atoms with Crippen molar-refractivity contribution in [1.29, 1.82) is 0 Å². The van der Waals surface area contributed by atoms with Crippen LogP contribution < -0.4 is 5.32 Å². The van der Waals surface area contributed by atoms with Gasteiger partial charge in [0.2, 0.25) is 0 Å². The maximum atomic E-state index is 3.71. The minimum atomic E-state index is 0.481. The van der Waals surface area contributed by atoms with E-state index in [1.165, 1.54) is 58.1 Å². The Morgan fingerprint density at radius 3 is 2.77 bits per heavy atom. The number of allylic oxidation sites excluding steroid dienone is 1. The van der Waals surface area contributed by atoms with Gasteiger partial charge in [0.25, 0.3) is 0 Å². The van der Waals surface area contributed by atoms with Crippen molar-refractivity contribution in [3.63, 3.8) is 0 Å². The summed E-state index contributed by atoms with van der Waals surface area (Å²) in [6.07, 6.45) is 5.85. The van der Waals surface area contributed by atoms with Gasteiger partial charge in [0, 0.05) is 33.9 Å². The fraction of sp³-hybridized carbons (Fsp3) is 0.200. The van der Waals surface area contributed by atoms with Gasteiger partial charge in [-0.1, -0.05) is 36.4 Å². The minimum Gasteiger partial charge on any atom is -0.378 e. The lowest BCUT2D eigenvalue weighted by atomic mass is 9.83. The monoisotopic (exact) mass is 286 g/mol. The van der Waals surface area contributed by atoms with E-state index in [0.29, 0.717) is 6.04 Å². The molecule has 1 aliphatic heterocycles. The first kappa shape index (κ1) is 12.1. The van der Waals surface area contributed by atoms with Crippen molar-refractivity contribution < 1.29 is 0 Å².